The van der Waals surface area contributed by atoms with Gasteiger partial charge >= 0.3 is 5.97 Å². The van der Waals surface area contributed by atoms with Gasteiger partial charge < -0.3 is 19.7 Å². The highest BCUT2D eigenvalue weighted by atomic mass is 16.5. The van der Waals surface area contributed by atoms with E-state index in [4.69, 9.17) is 9.47 Å². The molecule has 0 aliphatic carbocycles. The quantitative estimate of drug-likeness (QED) is 0.377. The van der Waals surface area contributed by atoms with Gasteiger partial charge in [0.25, 0.3) is 0 Å². The van der Waals surface area contributed by atoms with Gasteiger partial charge in [-0.05, 0) is 53.8 Å². The first-order valence-corrected chi connectivity index (χ1v) is 11.0. The van der Waals surface area contributed by atoms with E-state index in [-0.39, 0.29) is 6.54 Å². The summed E-state index contributed by atoms with van der Waals surface area (Å²) < 4.78 is 11.2. The zero-order valence-electron chi connectivity index (χ0n) is 20.0. The van der Waals surface area contributed by atoms with Crippen LogP contribution in [0, 0.1) is 6.92 Å². The van der Waals surface area contributed by atoms with E-state index in [9.17, 15) is 15.0 Å². The van der Waals surface area contributed by atoms with E-state index < -0.39 is 18.1 Å². The highest BCUT2D eigenvalue weighted by Crippen LogP contribution is 2.32. The number of methoxy groups -OCH3 is 2. The fourth-order valence-electron chi connectivity index (χ4n) is 3.71. The first-order chi connectivity index (χ1) is 16.3. The molecule has 0 saturated carbocycles. The number of carboxylic acids is 1. The molecule has 0 aromatic heterocycles. The molecule has 0 aliphatic heterocycles. The summed E-state index contributed by atoms with van der Waals surface area (Å²) in [5, 5.41) is 21.8. The molecule has 0 spiro atoms. The molecule has 0 radical (unpaired) electrons. The fraction of sp³-hybridized carbons (Fsp3) is 0.250. The van der Waals surface area contributed by atoms with Crippen molar-refractivity contribution in [3.63, 3.8) is 0 Å². The van der Waals surface area contributed by atoms with Crippen molar-refractivity contribution in [3.05, 3.63) is 82.9 Å². The van der Waals surface area contributed by atoms with E-state index >= 15 is 0 Å². The third-order valence-electron chi connectivity index (χ3n) is 5.99. The molecular weight excluding hydrogens is 430 g/mol. The van der Waals surface area contributed by atoms with Gasteiger partial charge in [0.15, 0.2) is 0 Å². The number of aliphatic hydroxyl groups is 1. The Kier molecular flexibility index (Phi) is 8.10. The summed E-state index contributed by atoms with van der Waals surface area (Å²) in [5.41, 5.74) is 4.72. The van der Waals surface area contributed by atoms with Gasteiger partial charge in [-0.15, -0.1) is 0 Å². The van der Waals surface area contributed by atoms with Crippen molar-refractivity contribution in [2.75, 3.05) is 20.8 Å². The van der Waals surface area contributed by atoms with Crippen LogP contribution in [0.5, 0.6) is 11.5 Å². The van der Waals surface area contributed by atoms with E-state index in [2.05, 4.69) is 42.6 Å². The Bertz CT molecular complexity index is 1150. The first kappa shape index (κ1) is 25.0. The summed E-state index contributed by atoms with van der Waals surface area (Å²) in [7, 11) is 3.11. The minimum absolute atomic E-state index is 0.151. The standard InChI is InChI=1S/C28H31NO5/c1-19-21(11-8-12-23(19)22-9-6-5-7-10-22)14-13-20-15-25(33-3)24(26(16-20)34-4)17-29-28(2,18-30)27(31)32/h5-16,29-30H,17-18H2,1-4H3,(H,31,32)/b14-13+. The van der Waals surface area contributed by atoms with E-state index in [0.717, 1.165) is 11.1 Å². The van der Waals surface area contributed by atoms with Crippen LogP contribution in [0.3, 0.4) is 0 Å². The maximum Gasteiger partial charge on any atom is 0.326 e. The second-order valence-corrected chi connectivity index (χ2v) is 8.27. The third kappa shape index (κ3) is 5.47. The number of benzene rings is 3. The summed E-state index contributed by atoms with van der Waals surface area (Å²) >= 11 is 0. The molecule has 1 unspecified atom stereocenters. The number of aliphatic carboxylic acids is 1. The molecule has 0 heterocycles. The van der Waals surface area contributed by atoms with Gasteiger partial charge in [0.05, 0.1) is 20.8 Å². The average Bonchev–Trinajstić information content (AvgIpc) is 2.86. The lowest BCUT2D eigenvalue weighted by Gasteiger charge is -2.25. The van der Waals surface area contributed by atoms with Crippen LogP contribution >= 0.6 is 0 Å². The van der Waals surface area contributed by atoms with Gasteiger partial charge in [0.1, 0.15) is 17.0 Å². The van der Waals surface area contributed by atoms with E-state index in [1.165, 1.54) is 23.6 Å². The van der Waals surface area contributed by atoms with Gasteiger partial charge in [0, 0.05) is 12.1 Å². The lowest BCUT2D eigenvalue weighted by atomic mass is 9.96. The number of hydrogen-bond donors (Lipinski definition) is 3. The molecule has 3 aromatic carbocycles. The SMILES string of the molecule is COc1cc(/C=C/c2cccc(-c3ccccc3)c2C)cc(OC)c1CNC(C)(CO)C(=O)O. The number of ether oxygens (including phenoxy) is 2. The number of nitrogens with one attached hydrogen (secondary N) is 1. The number of rotatable bonds is 10. The minimum atomic E-state index is -1.48. The van der Waals surface area contributed by atoms with Gasteiger partial charge in [0.2, 0.25) is 0 Å². The molecule has 0 aliphatic rings. The molecule has 6 nitrogen and oxygen atoms in total. The van der Waals surface area contributed by atoms with Crippen LogP contribution in [0.1, 0.15) is 29.2 Å². The summed E-state index contributed by atoms with van der Waals surface area (Å²) in [6.07, 6.45) is 4.05. The first-order valence-electron chi connectivity index (χ1n) is 11.0. The van der Waals surface area contributed by atoms with Crippen molar-refractivity contribution in [1.29, 1.82) is 0 Å². The Morgan fingerprint density at radius 1 is 1.00 bits per heavy atom. The number of carboxylic acid groups (broad SMARTS) is 1. The largest absolute Gasteiger partial charge is 0.496 e. The third-order valence-corrected chi connectivity index (χ3v) is 5.99. The Morgan fingerprint density at radius 2 is 1.65 bits per heavy atom. The molecular formula is C28H31NO5. The molecule has 1 atom stereocenters. The molecule has 0 saturated heterocycles. The average molecular weight is 462 g/mol. The summed E-state index contributed by atoms with van der Waals surface area (Å²) in [6, 6.07) is 20.3. The normalized spacial score (nSPS) is 13.0. The lowest BCUT2D eigenvalue weighted by molar-refractivity contribution is -0.145. The van der Waals surface area contributed by atoms with Gasteiger partial charge in [-0.3, -0.25) is 10.1 Å². The van der Waals surface area contributed by atoms with Crippen molar-refractivity contribution in [1.82, 2.24) is 5.32 Å². The van der Waals surface area contributed by atoms with Crippen molar-refractivity contribution in [2.45, 2.75) is 25.9 Å². The van der Waals surface area contributed by atoms with Crippen LogP contribution in [0.15, 0.2) is 60.7 Å². The number of carbonyl (C=O) groups is 1. The summed E-state index contributed by atoms with van der Waals surface area (Å²) in [4.78, 5) is 11.5. The molecule has 0 bridgehead atoms. The van der Waals surface area contributed by atoms with E-state index in [1.54, 1.807) is 14.2 Å². The van der Waals surface area contributed by atoms with Crippen LogP contribution in [-0.4, -0.2) is 42.5 Å². The monoisotopic (exact) mass is 461 g/mol. The second-order valence-electron chi connectivity index (χ2n) is 8.27. The fourth-order valence-corrected chi connectivity index (χ4v) is 3.71. The van der Waals surface area contributed by atoms with Crippen molar-refractivity contribution < 1.29 is 24.5 Å². The minimum Gasteiger partial charge on any atom is -0.496 e. The van der Waals surface area contributed by atoms with E-state index in [1.807, 2.05) is 42.5 Å². The molecule has 3 aromatic rings. The number of hydrogen-bond acceptors (Lipinski definition) is 5. The van der Waals surface area contributed by atoms with Crippen molar-refractivity contribution in [2.24, 2.45) is 0 Å². The van der Waals surface area contributed by atoms with Gasteiger partial charge in [-0.2, -0.15) is 0 Å². The Balaban J connectivity index is 1.91. The maximum atomic E-state index is 11.5. The molecule has 0 amide bonds. The van der Waals surface area contributed by atoms with Crippen molar-refractivity contribution >= 4 is 18.1 Å². The molecule has 34 heavy (non-hydrogen) atoms. The molecule has 0 fully saturated rings. The molecule has 3 rings (SSSR count). The molecule has 178 valence electrons. The summed E-state index contributed by atoms with van der Waals surface area (Å²) in [5.74, 6) is -0.0144. The molecule has 6 heteroatoms. The Labute approximate surface area is 200 Å². The maximum absolute atomic E-state index is 11.5. The predicted octanol–water partition coefficient (Wildman–Crippen LogP) is 4.77. The molecule has 3 N–H and O–H groups in total. The van der Waals surface area contributed by atoms with Crippen LogP contribution < -0.4 is 14.8 Å². The van der Waals surface area contributed by atoms with Crippen LogP contribution in [-0.2, 0) is 11.3 Å². The highest BCUT2D eigenvalue weighted by Gasteiger charge is 2.32. The smallest absolute Gasteiger partial charge is 0.326 e. The van der Waals surface area contributed by atoms with Crippen LogP contribution in [0.2, 0.25) is 0 Å². The van der Waals surface area contributed by atoms with Crippen molar-refractivity contribution in [3.8, 4) is 22.6 Å². The Hall–Kier alpha value is -3.61. The predicted molar refractivity (Wildman–Crippen MR) is 135 cm³/mol. The lowest BCUT2D eigenvalue weighted by Crippen LogP contribution is -2.52. The zero-order valence-corrected chi connectivity index (χ0v) is 20.0. The van der Waals surface area contributed by atoms with Gasteiger partial charge in [-0.1, -0.05) is 60.7 Å². The van der Waals surface area contributed by atoms with Crippen LogP contribution in [0.25, 0.3) is 23.3 Å². The van der Waals surface area contributed by atoms with E-state index in [0.29, 0.717) is 17.1 Å². The zero-order chi connectivity index (χ0) is 24.7. The Morgan fingerprint density at radius 3 is 2.21 bits per heavy atom. The van der Waals surface area contributed by atoms with Crippen LogP contribution in [0.4, 0.5) is 0 Å². The number of aliphatic hydroxyl groups excluding tert-OH is 1. The second kappa shape index (κ2) is 11.0. The van der Waals surface area contributed by atoms with Gasteiger partial charge in [-0.25, -0.2) is 0 Å². The summed E-state index contributed by atoms with van der Waals surface area (Å²) in [6.45, 7) is 3.14. The highest BCUT2D eigenvalue weighted by molar-refractivity contribution is 5.79. The topological polar surface area (TPSA) is 88.0 Å².